The van der Waals surface area contributed by atoms with Crippen molar-refractivity contribution in [3.05, 3.63) is 96.2 Å². The summed E-state index contributed by atoms with van der Waals surface area (Å²) in [5, 5.41) is 11.1. The average molecular weight is 496 g/mol. The van der Waals surface area contributed by atoms with Crippen molar-refractivity contribution in [1.29, 1.82) is 0 Å². The number of ketones is 1. The van der Waals surface area contributed by atoms with Gasteiger partial charge in [-0.3, -0.25) is 9.78 Å². The van der Waals surface area contributed by atoms with E-state index >= 15 is 0 Å². The Bertz CT molecular complexity index is 1600. The Labute approximate surface area is 211 Å². The summed E-state index contributed by atoms with van der Waals surface area (Å²) in [6, 6.07) is 22.8. The molecule has 7 heteroatoms. The van der Waals surface area contributed by atoms with Crippen molar-refractivity contribution in [3.8, 4) is 21.9 Å². The van der Waals surface area contributed by atoms with E-state index in [2.05, 4.69) is 17.1 Å². The standard InChI is InChI=1S/C29H21NO5S/c1-34-26-16-25(35-17-29(32)33)20(14-22(26)28-15-21-5-2-3-7-27(21)36-28)9-11-24(31)19-8-10-23-18(13-19)6-4-12-30-23/h2-16H,17H2,1H3,(H,32,33)/b11-9+. The van der Waals surface area contributed by atoms with E-state index in [1.165, 1.54) is 6.08 Å². The van der Waals surface area contributed by atoms with Gasteiger partial charge in [0.2, 0.25) is 0 Å². The second kappa shape index (κ2) is 10.0. The highest BCUT2D eigenvalue weighted by molar-refractivity contribution is 7.22. The summed E-state index contributed by atoms with van der Waals surface area (Å²) >= 11 is 1.62. The summed E-state index contributed by atoms with van der Waals surface area (Å²) < 4.78 is 12.3. The minimum atomic E-state index is -1.10. The molecule has 0 amide bonds. The highest BCUT2D eigenvalue weighted by Gasteiger charge is 2.16. The maximum Gasteiger partial charge on any atom is 0.341 e. The number of benzene rings is 3. The first-order valence-corrected chi connectivity index (χ1v) is 12.0. The fourth-order valence-corrected chi connectivity index (χ4v) is 5.02. The molecule has 178 valence electrons. The van der Waals surface area contributed by atoms with Gasteiger partial charge < -0.3 is 14.6 Å². The number of thiophene rings is 1. The minimum Gasteiger partial charge on any atom is -0.496 e. The van der Waals surface area contributed by atoms with E-state index in [-0.39, 0.29) is 5.78 Å². The number of pyridine rings is 1. The molecule has 0 radical (unpaired) electrons. The van der Waals surface area contributed by atoms with Gasteiger partial charge in [0.25, 0.3) is 0 Å². The lowest BCUT2D eigenvalue weighted by Gasteiger charge is -2.13. The number of aromatic nitrogens is 1. The molecule has 0 saturated heterocycles. The molecule has 0 spiro atoms. The van der Waals surface area contributed by atoms with Crippen LogP contribution in [0.4, 0.5) is 0 Å². The summed E-state index contributed by atoms with van der Waals surface area (Å²) in [5.41, 5.74) is 2.73. The van der Waals surface area contributed by atoms with Gasteiger partial charge in [-0.05, 0) is 60.0 Å². The number of hydrogen-bond donors (Lipinski definition) is 1. The van der Waals surface area contributed by atoms with Crippen LogP contribution in [-0.2, 0) is 4.79 Å². The molecule has 2 heterocycles. The van der Waals surface area contributed by atoms with Gasteiger partial charge in [0, 0.05) is 43.9 Å². The second-order valence-corrected chi connectivity index (χ2v) is 9.11. The van der Waals surface area contributed by atoms with Crippen LogP contribution >= 0.6 is 11.3 Å². The molecule has 36 heavy (non-hydrogen) atoms. The Morgan fingerprint density at radius 3 is 2.61 bits per heavy atom. The predicted molar refractivity (Wildman–Crippen MR) is 142 cm³/mol. The summed E-state index contributed by atoms with van der Waals surface area (Å²) in [7, 11) is 1.56. The quantitative estimate of drug-likeness (QED) is 0.196. The third-order valence-corrected chi connectivity index (χ3v) is 6.83. The Hall–Kier alpha value is -4.49. The van der Waals surface area contributed by atoms with Gasteiger partial charge in [0.05, 0.1) is 12.6 Å². The summed E-state index contributed by atoms with van der Waals surface area (Å²) in [6.45, 7) is -0.516. The number of carboxylic acid groups (broad SMARTS) is 1. The van der Waals surface area contributed by atoms with Gasteiger partial charge in [-0.25, -0.2) is 4.79 Å². The number of methoxy groups -OCH3 is 1. The molecule has 6 nitrogen and oxygen atoms in total. The number of carbonyl (C=O) groups is 2. The molecule has 0 aliphatic carbocycles. The molecule has 0 bridgehead atoms. The Balaban J connectivity index is 1.55. The monoisotopic (exact) mass is 495 g/mol. The lowest BCUT2D eigenvalue weighted by atomic mass is 10.0. The molecule has 5 rings (SSSR count). The van der Waals surface area contributed by atoms with Crippen molar-refractivity contribution in [2.24, 2.45) is 0 Å². The second-order valence-electron chi connectivity index (χ2n) is 8.03. The van der Waals surface area contributed by atoms with Crippen molar-refractivity contribution in [3.63, 3.8) is 0 Å². The maximum atomic E-state index is 13.0. The van der Waals surface area contributed by atoms with Crippen molar-refractivity contribution in [2.45, 2.75) is 0 Å². The predicted octanol–water partition coefficient (Wildman–Crippen LogP) is 6.48. The van der Waals surface area contributed by atoms with E-state index in [0.29, 0.717) is 22.6 Å². The van der Waals surface area contributed by atoms with Crippen molar-refractivity contribution in [2.75, 3.05) is 13.7 Å². The molecule has 0 unspecified atom stereocenters. The van der Waals surface area contributed by atoms with Crippen LogP contribution in [0.25, 0.3) is 37.5 Å². The molecule has 5 aromatic rings. The zero-order valence-electron chi connectivity index (χ0n) is 19.3. The fourth-order valence-electron chi connectivity index (χ4n) is 3.94. The maximum absolute atomic E-state index is 13.0. The average Bonchev–Trinajstić information content (AvgIpc) is 3.34. The Kier molecular flexibility index (Phi) is 6.47. The van der Waals surface area contributed by atoms with Crippen LogP contribution in [0.3, 0.4) is 0 Å². The number of ether oxygens (including phenoxy) is 2. The molecule has 0 aliphatic heterocycles. The van der Waals surface area contributed by atoms with E-state index in [4.69, 9.17) is 14.6 Å². The largest absolute Gasteiger partial charge is 0.496 e. The molecule has 0 aliphatic rings. The van der Waals surface area contributed by atoms with Gasteiger partial charge in [-0.15, -0.1) is 11.3 Å². The molecule has 0 atom stereocenters. The smallest absolute Gasteiger partial charge is 0.341 e. The first-order chi connectivity index (χ1) is 17.5. The third-order valence-electron chi connectivity index (χ3n) is 5.68. The number of nitrogens with zero attached hydrogens (tertiary/aromatic N) is 1. The van der Waals surface area contributed by atoms with Crippen LogP contribution in [0, 0.1) is 0 Å². The molecule has 0 saturated carbocycles. The minimum absolute atomic E-state index is 0.191. The number of carbonyl (C=O) groups excluding carboxylic acids is 1. The lowest BCUT2D eigenvalue weighted by Crippen LogP contribution is -2.10. The topological polar surface area (TPSA) is 85.7 Å². The van der Waals surface area contributed by atoms with Gasteiger partial charge in [-0.1, -0.05) is 24.3 Å². The van der Waals surface area contributed by atoms with Gasteiger partial charge in [0.15, 0.2) is 12.4 Å². The van der Waals surface area contributed by atoms with E-state index in [1.54, 1.807) is 48.9 Å². The van der Waals surface area contributed by atoms with Crippen LogP contribution < -0.4 is 9.47 Å². The van der Waals surface area contributed by atoms with Gasteiger partial charge >= 0.3 is 5.97 Å². The number of carboxylic acids is 1. The number of rotatable bonds is 8. The molecule has 3 aromatic carbocycles. The Morgan fingerprint density at radius 1 is 0.972 bits per heavy atom. The number of aliphatic carboxylic acids is 1. The number of hydrogen-bond acceptors (Lipinski definition) is 6. The molecule has 0 fully saturated rings. The zero-order chi connectivity index (χ0) is 25.1. The first-order valence-electron chi connectivity index (χ1n) is 11.1. The van der Waals surface area contributed by atoms with Crippen LogP contribution in [0.1, 0.15) is 15.9 Å². The zero-order valence-corrected chi connectivity index (χ0v) is 20.1. The van der Waals surface area contributed by atoms with E-state index < -0.39 is 12.6 Å². The van der Waals surface area contributed by atoms with Crippen LogP contribution in [0.15, 0.2) is 85.1 Å². The first kappa shape index (κ1) is 23.3. The highest BCUT2D eigenvalue weighted by Crippen LogP contribution is 2.41. The van der Waals surface area contributed by atoms with Crippen LogP contribution in [0.5, 0.6) is 11.5 Å². The normalized spacial score (nSPS) is 11.2. The Morgan fingerprint density at radius 2 is 1.81 bits per heavy atom. The van der Waals surface area contributed by atoms with Gasteiger partial charge in [0.1, 0.15) is 11.5 Å². The van der Waals surface area contributed by atoms with E-state index in [0.717, 1.165) is 31.4 Å². The van der Waals surface area contributed by atoms with Crippen molar-refractivity contribution < 1.29 is 24.2 Å². The summed E-state index contributed by atoms with van der Waals surface area (Å²) in [4.78, 5) is 29.4. The highest BCUT2D eigenvalue weighted by atomic mass is 32.1. The molecular weight excluding hydrogens is 474 g/mol. The summed E-state index contributed by atoms with van der Waals surface area (Å²) in [5.74, 6) is -0.430. The third kappa shape index (κ3) is 4.82. The molecule has 2 aromatic heterocycles. The van der Waals surface area contributed by atoms with Gasteiger partial charge in [-0.2, -0.15) is 0 Å². The number of fused-ring (bicyclic) bond motifs is 2. The fraction of sp³-hybridized carbons (Fsp3) is 0.0690. The summed E-state index contributed by atoms with van der Waals surface area (Å²) in [6.07, 6.45) is 4.81. The van der Waals surface area contributed by atoms with Crippen molar-refractivity contribution in [1.82, 2.24) is 4.98 Å². The SMILES string of the molecule is COc1cc(OCC(=O)O)c(/C=C/C(=O)c2ccc3ncccc3c2)cc1-c1cc2ccccc2s1. The van der Waals surface area contributed by atoms with E-state index in [1.807, 2.05) is 42.5 Å². The van der Waals surface area contributed by atoms with Crippen molar-refractivity contribution >= 4 is 50.2 Å². The molecular formula is C29H21NO5S. The number of allylic oxidation sites excluding steroid dienone is 1. The molecule has 1 N–H and O–H groups in total. The van der Waals surface area contributed by atoms with Crippen LogP contribution in [0.2, 0.25) is 0 Å². The van der Waals surface area contributed by atoms with Crippen LogP contribution in [-0.4, -0.2) is 35.6 Å². The van der Waals surface area contributed by atoms with E-state index in [9.17, 15) is 9.59 Å². The lowest BCUT2D eigenvalue weighted by molar-refractivity contribution is -0.139.